The Morgan fingerprint density at radius 1 is 1.46 bits per heavy atom. The van der Waals surface area contributed by atoms with Crippen LogP contribution in [-0.4, -0.2) is 18.9 Å². The van der Waals surface area contributed by atoms with E-state index in [1.807, 2.05) is 13.8 Å². The third-order valence-corrected chi connectivity index (χ3v) is 1.79. The van der Waals surface area contributed by atoms with Gasteiger partial charge >= 0.3 is 5.97 Å². The number of esters is 1. The Balaban J connectivity index is 2.30. The number of carbonyl (C=O) groups is 1. The molecule has 3 heteroatoms. The van der Waals surface area contributed by atoms with Gasteiger partial charge in [-0.3, -0.25) is 0 Å². The van der Waals surface area contributed by atoms with E-state index in [0.717, 1.165) is 24.8 Å². The largest absolute Gasteiger partial charge is 0.433 e. The minimum atomic E-state index is -0.322. The number of hydrogen-bond donors (Lipinski definition) is 0. The Kier molecular flexibility index (Phi) is 3.96. The molecule has 1 heterocycles. The summed E-state index contributed by atoms with van der Waals surface area (Å²) in [6.07, 6.45) is 4.13. The summed E-state index contributed by atoms with van der Waals surface area (Å²) in [6, 6.07) is 0. The molecule has 0 bridgehead atoms. The van der Waals surface area contributed by atoms with Crippen LogP contribution in [0.2, 0.25) is 0 Å². The SMILES string of the molecule is CC(C)=CC(=O)OC1CCCCO1. The van der Waals surface area contributed by atoms with Crippen LogP contribution in [-0.2, 0) is 14.3 Å². The maximum Gasteiger partial charge on any atom is 0.332 e. The van der Waals surface area contributed by atoms with Gasteiger partial charge in [-0.2, -0.15) is 0 Å². The van der Waals surface area contributed by atoms with E-state index in [-0.39, 0.29) is 12.3 Å². The van der Waals surface area contributed by atoms with Crippen molar-refractivity contribution in [1.82, 2.24) is 0 Å². The zero-order chi connectivity index (χ0) is 9.68. The number of carbonyl (C=O) groups excluding carboxylic acids is 1. The summed E-state index contributed by atoms with van der Waals surface area (Å²) in [5, 5.41) is 0. The molecule has 1 atom stereocenters. The van der Waals surface area contributed by atoms with Crippen molar-refractivity contribution in [3.8, 4) is 0 Å². The van der Waals surface area contributed by atoms with Crippen molar-refractivity contribution in [2.75, 3.05) is 6.61 Å². The summed E-state index contributed by atoms with van der Waals surface area (Å²) >= 11 is 0. The highest BCUT2D eigenvalue weighted by atomic mass is 16.7. The van der Waals surface area contributed by atoms with Gasteiger partial charge in [-0.25, -0.2) is 4.79 Å². The van der Waals surface area contributed by atoms with Gasteiger partial charge in [0.1, 0.15) is 0 Å². The first-order chi connectivity index (χ1) is 6.18. The molecule has 0 radical (unpaired) electrons. The van der Waals surface area contributed by atoms with E-state index in [9.17, 15) is 4.79 Å². The fourth-order valence-corrected chi connectivity index (χ4v) is 1.20. The Hall–Kier alpha value is -0.830. The second-order valence-corrected chi connectivity index (χ2v) is 3.45. The monoisotopic (exact) mass is 184 g/mol. The summed E-state index contributed by atoms with van der Waals surface area (Å²) in [5.74, 6) is -0.299. The van der Waals surface area contributed by atoms with Gasteiger partial charge in [-0.15, -0.1) is 0 Å². The third-order valence-electron chi connectivity index (χ3n) is 1.79. The molecule has 74 valence electrons. The van der Waals surface area contributed by atoms with E-state index in [1.165, 1.54) is 6.08 Å². The average Bonchev–Trinajstić information content (AvgIpc) is 2.04. The van der Waals surface area contributed by atoms with Gasteiger partial charge in [-0.05, 0) is 26.7 Å². The molecule has 0 N–H and O–H groups in total. The molecular weight excluding hydrogens is 168 g/mol. The van der Waals surface area contributed by atoms with Gasteiger partial charge in [0.15, 0.2) is 0 Å². The quantitative estimate of drug-likeness (QED) is 0.486. The summed E-state index contributed by atoms with van der Waals surface area (Å²) in [4.78, 5) is 11.1. The van der Waals surface area contributed by atoms with Crippen LogP contribution in [0.5, 0.6) is 0 Å². The molecule has 1 unspecified atom stereocenters. The van der Waals surface area contributed by atoms with Crippen molar-refractivity contribution >= 4 is 5.97 Å². The molecule has 0 aromatic heterocycles. The zero-order valence-corrected chi connectivity index (χ0v) is 8.21. The molecule has 0 aromatic rings. The second-order valence-electron chi connectivity index (χ2n) is 3.45. The van der Waals surface area contributed by atoms with Gasteiger partial charge in [0.2, 0.25) is 6.29 Å². The Morgan fingerprint density at radius 2 is 2.23 bits per heavy atom. The fraction of sp³-hybridized carbons (Fsp3) is 0.700. The smallest absolute Gasteiger partial charge is 0.332 e. The lowest BCUT2D eigenvalue weighted by Crippen LogP contribution is -2.24. The van der Waals surface area contributed by atoms with Gasteiger partial charge in [0.05, 0.1) is 6.61 Å². The van der Waals surface area contributed by atoms with E-state index in [2.05, 4.69) is 0 Å². The highest BCUT2D eigenvalue weighted by Crippen LogP contribution is 2.13. The fourth-order valence-electron chi connectivity index (χ4n) is 1.20. The first kappa shape index (κ1) is 10.3. The third kappa shape index (κ3) is 4.08. The van der Waals surface area contributed by atoms with Crippen molar-refractivity contribution in [3.63, 3.8) is 0 Å². The summed E-state index contributed by atoms with van der Waals surface area (Å²) in [7, 11) is 0. The molecule has 3 nitrogen and oxygen atoms in total. The molecule has 0 amide bonds. The molecule has 0 spiro atoms. The van der Waals surface area contributed by atoms with Gasteiger partial charge < -0.3 is 9.47 Å². The highest BCUT2D eigenvalue weighted by molar-refractivity contribution is 5.82. The Bertz CT molecular complexity index is 198. The lowest BCUT2D eigenvalue weighted by molar-refractivity contribution is -0.181. The summed E-state index contributed by atoms with van der Waals surface area (Å²) in [5.41, 5.74) is 0.945. The van der Waals surface area contributed by atoms with Crippen LogP contribution in [0.4, 0.5) is 0 Å². The number of rotatable bonds is 2. The predicted molar refractivity (Wildman–Crippen MR) is 49.1 cm³/mol. The number of hydrogen-bond acceptors (Lipinski definition) is 3. The van der Waals surface area contributed by atoms with Crippen molar-refractivity contribution in [2.45, 2.75) is 39.4 Å². The molecule has 1 aliphatic heterocycles. The predicted octanol–water partition coefficient (Wildman–Crippen LogP) is 2.02. The lowest BCUT2D eigenvalue weighted by atomic mass is 10.2. The lowest BCUT2D eigenvalue weighted by Gasteiger charge is -2.21. The maximum atomic E-state index is 11.1. The molecule has 1 aliphatic rings. The van der Waals surface area contributed by atoms with Crippen molar-refractivity contribution in [2.24, 2.45) is 0 Å². The Morgan fingerprint density at radius 3 is 2.77 bits per heavy atom. The van der Waals surface area contributed by atoms with Crippen LogP contribution < -0.4 is 0 Å². The summed E-state index contributed by atoms with van der Waals surface area (Å²) < 4.78 is 10.3. The first-order valence-electron chi connectivity index (χ1n) is 4.65. The molecule has 1 rings (SSSR count). The highest BCUT2D eigenvalue weighted by Gasteiger charge is 2.16. The molecule has 1 fully saturated rings. The maximum absolute atomic E-state index is 11.1. The standard InChI is InChI=1S/C10H16O3/c1-8(2)7-9(11)13-10-5-3-4-6-12-10/h7,10H,3-6H2,1-2H3. The summed E-state index contributed by atoms with van der Waals surface area (Å²) in [6.45, 7) is 4.43. The molecule has 0 aliphatic carbocycles. The van der Waals surface area contributed by atoms with Crippen LogP contribution in [0.15, 0.2) is 11.6 Å². The molecule has 1 saturated heterocycles. The minimum absolute atomic E-state index is 0.299. The zero-order valence-electron chi connectivity index (χ0n) is 8.21. The van der Waals surface area contributed by atoms with Crippen LogP contribution in [0.1, 0.15) is 33.1 Å². The van der Waals surface area contributed by atoms with E-state index >= 15 is 0 Å². The van der Waals surface area contributed by atoms with E-state index < -0.39 is 0 Å². The van der Waals surface area contributed by atoms with Crippen molar-refractivity contribution < 1.29 is 14.3 Å². The normalized spacial score (nSPS) is 22.2. The van der Waals surface area contributed by atoms with E-state index in [4.69, 9.17) is 9.47 Å². The van der Waals surface area contributed by atoms with Gasteiger partial charge in [0, 0.05) is 12.5 Å². The van der Waals surface area contributed by atoms with Gasteiger partial charge in [0.25, 0.3) is 0 Å². The van der Waals surface area contributed by atoms with Gasteiger partial charge in [-0.1, -0.05) is 5.57 Å². The Labute approximate surface area is 78.7 Å². The average molecular weight is 184 g/mol. The minimum Gasteiger partial charge on any atom is -0.433 e. The molecule has 0 aromatic carbocycles. The molecular formula is C10H16O3. The second kappa shape index (κ2) is 5.02. The van der Waals surface area contributed by atoms with Crippen molar-refractivity contribution in [1.29, 1.82) is 0 Å². The van der Waals surface area contributed by atoms with Crippen LogP contribution >= 0.6 is 0 Å². The van der Waals surface area contributed by atoms with Crippen LogP contribution in [0.25, 0.3) is 0 Å². The number of ether oxygens (including phenoxy) is 2. The number of allylic oxidation sites excluding steroid dienone is 1. The van der Waals surface area contributed by atoms with Crippen molar-refractivity contribution in [3.05, 3.63) is 11.6 Å². The van der Waals surface area contributed by atoms with Crippen LogP contribution in [0.3, 0.4) is 0 Å². The van der Waals surface area contributed by atoms with E-state index in [0.29, 0.717) is 6.61 Å². The first-order valence-corrected chi connectivity index (χ1v) is 4.65. The molecule has 13 heavy (non-hydrogen) atoms. The van der Waals surface area contributed by atoms with Crippen LogP contribution in [0, 0.1) is 0 Å². The van der Waals surface area contributed by atoms with E-state index in [1.54, 1.807) is 0 Å². The molecule has 0 saturated carbocycles. The topological polar surface area (TPSA) is 35.5 Å².